The topological polar surface area (TPSA) is 98.2 Å². The van der Waals surface area contributed by atoms with Crippen molar-refractivity contribution in [3.8, 4) is 0 Å². The fourth-order valence-electron chi connectivity index (χ4n) is 1.63. The Labute approximate surface area is 113 Å². The van der Waals surface area contributed by atoms with E-state index in [9.17, 15) is 9.59 Å². The van der Waals surface area contributed by atoms with E-state index in [-0.39, 0.29) is 5.91 Å². The third-order valence-corrected chi connectivity index (χ3v) is 3.44. The second-order valence-corrected chi connectivity index (χ2v) is 4.87. The van der Waals surface area contributed by atoms with Crippen LogP contribution in [0.4, 0.5) is 0 Å². The van der Waals surface area contributed by atoms with E-state index in [0.717, 1.165) is 5.56 Å². The van der Waals surface area contributed by atoms with E-state index in [1.165, 1.54) is 0 Å². The lowest BCUT2D eigenvalue weighted by Crippen LogP contribution is -2.43. The van der Waals surface area contributed by atoms with Gasteiger partial charge in [0.05, 0.1) is 5.41 Å². The molecule has 5 N–H and O–H groups in total. The summed E-state index contributed by atoms with van der Waals surface area (Å²) >= 11 is 0. The molecule has 1 aromatic carbocycles. The molecule has 1 atom stereocenters. The molecule has 0 saturated heterocycles. The van der Waals surface area contributed by atoms with Gasteiger partial charge in [0.15, 0.2) is 0 Å². The fourth-order valence-corrected chi connectivity index (χ4v) is 1.63. The molecule has 5 heteroatoms. The minimum atomic E-state index is -0.554. The summed E-state index contributed by atoms with van der Waals surface area (Å²) < 4.78 is 0. The Kier molecular flexibility index (Phi) is 5.06. The maximum atomic E-state index is 12.0. The van der Waals surface area contributed by atoms with Gasteiger partial charge in [0.1, 0.15) is 0 Å². The zero-order valence-corrected chi connectivity index (χ0v) is 11.4. The van der Waals surface area contributed by atoms with Gasteiger partial charge in [0.25, 0.3) is 0 Å². The zero-order valence-electron chi connectivity index (χ0n) is 11.4. The minimum Gasteiger partial charge on any atom is -0.366 e. The first-order valence-electron chi connectivity index (χ1n) is 6.30. The van der Waals surface area contributed by atoms with Crippen molar-refractivity contribution in [2.45, 2.75) is 26.8 Å². The molecule has 19 heavy (non-hydrogen) atoms. The third-order valence-electron chi connectivity index (χ3n) is 3.44. The van der Waals surface area contributed by atoms with Gasteiger partial charge < -0.3 is 16.8 Å². The summed E-state index contributed by atoms with van der Waals surface area (Å²) in [7, 11) is 0. The first-order valence-corrected chi connectivity index (χ1v) is 6.30. The van der Waals surface area contributed by atoms with Crippen LogP contribution in [0, 0.1) is 5.41 Å². The molecule has 104 valence electrons. The lowest BCUT2D eigenvalue weighted by Gasteiger charge is -2.25. The van der Waals surface area contributed by atoms with E-state index in [1.807, 2.05) is 19.9 Å². The van der Waals surface area contributed by atoms with Crippen molar-refractivity contribution in [3.05, 3.63) is 35.4 Å². The van der Waals surface area contributed by atoms with Gasteiger partial charge in [-0.3, -0.25) is 9.59 Å². The molecule has 0 radical (unpaired) electrons. The van der Waals surface area contributed by atoms with Crippen LogP contribution in [0.1, 0.15) is 36.2 Å². The highest BCUT2D eigenvalue weighted by molar-refractivity contribution is 5.92. The first kappa shape index (κ1) is 15.2. The fraction of sp³-hybridized carbons (Fsp3) is 0.429. The Bertz CT molecular complexity index is 468. The van der Waals surface area contributed by atoms with Crippen LogP contribution in [-0.4, -0.2) is 18.4 Å². The number of nitrogens with one attached hydrogen (secondary N) is 1. The van der Waals surface area contributed by atoms with Crippen molar-refractivity contribution < 1.29 is 9.59 Å². The zero-order chi connectivity index (χ0) is 14.5. The van der Waals surface area contributed by atoms with E-state index >= 15 is 0 Å². The van der Waals surface area contributed by atoms with Gasteiger partial charge in [-0.05, 0) is 31.0 Å². The largest absolute Gasteiger partial charge is 0.366 e. The van der Waals surface area contributed by atoms with Gasteiger partial charge in [0, 0.05) is 18.7 Å². The molecule has 0 aliphatic rings. The van der Waals surface area contributed by atoms with Crippen molar-refractivity contribution in [2.24, 2.45) is 16.9 Å². The number of nitrogens with two attached hydrogens (primary N) is 2. The molecule has 0 heterocycles. The molecular weight excluding hydrogens is 242 g/mol. The molecule has 2 amide bonds. The standard InChI is InChI=1S/C14H21N3O2/c1-3-14(2,9-15)13(19)17-8-10-5-4-6-11(7-10)12(16)18/h4-7H,3,8-9,15H2,1-2H3,(H2,16,18)(H,17,19). The summed E-state index contributed by atoms with van der Waals surface area (Å²) in [5, 5.41) is 2.84. The van der Waals surface area contributed by atoms with E-state index in [4.69, 9.17) is 11.5 Å². The molecule has 0 aliphatic heterocycles. The summed E-state index contributed by atoms with van der Waals surface area (Å²) in [6.45, 7) is 4.43. The second-order valence-electron chi connectivity index (χ2n) is 4.87. The highest BCUT2D eigenvalue weighted by atomic mass is 16.2. The Morgan fingerprint density at radius 2 is 2.05 bits per heavy atom. The van der Waals surface area contributed by atoms with Crippen LogP contribution in [0.25, 0.3) is 0 Å². The summed E-state index contributed by atoms with van der Waals surface area (Å²) in [5.74, 6) is -0.560. The van der Waals surface area contributed by atoms with Crippen LogP contribution in [0.3, 0.4) is 0 Å². The number of primary amides is 1. The lowest BCUT2D eigenvalue weighted by atomic mass is 9.86. The van der Waals surface area contributed by atoms with Gasteiger partial charge in [0.2, 0.25) is 11.8 Å². The summed E-state index contributed by atoms with van der Waals surface area (Å²) in [6, 6.07) is 6.89. The van der Waals surface area contributed by atoms with Crippen molar-refractivity contribution in [1.29, 1.82) is 0 Å². The maximum Gasteiger partial charge on any atom is 0.248 e. The molecule has 0 aliphatic carbocycles. The predicted octanol–water partition coefficient (Wildman–Crippen LogP) is 0.777. The predicted molar refractivity (Wildman–Crippen MR) is 74.3 cm³/mol. The summed E-state index contributed by atoms with van der Waals surface area (Å²) in [5.41, 5.74) is 11.6. The van der Waals surface area contributed by atoms with Gasteiger partial charge in [-0.1, -0.05) is 19.1 Å². The van der Waals surface area contributed by atoms with Crippen molar-refractivity contribution in [1.82, 2.24) is 5.32 Å². The average Bonchev–Trinajstić information content (AvgIpc) is 2.44. The van der Waals surface area contributed by atoms with Crippen LogP contribution in [0.15, 0.2) is 24.3 Å². The van der Waals surface area contributed by atoms with E-state index in [2.05, 4.69) is 5.32 Å². The maximum absolute atomic E-state index is 12.0. The van der Waals surface area contributed by atoms with Crippen molar-refractivity contribution in [2.75, 3.05) is 6.54 Å². The Hall–Kier alpha value is -1.88. The van der Waals surface area contributed by atoms with E-state index < -0.39 is 11.3 Å². The highest BCUT2D eigenvalue weighted by Crippen LogP contribution is 2.19. The number of hydrogen-bond donors (Lipinski definition) is 3. The molecule has 0 fully saturated rings. The lowest BCUT2D eigenvalue weighted by molar-refractivity contribution is -0.130. The Morgan fingerprint density at radius 1 is 1.37 bits per heavy atom. The number of benzene rings is 1. The number of carbonyl (C=O) groups is 2. The SMILES string of the molecule is CCC(C)(CN)C(=O)NCc1cccc(C(N)=O)c1. The van der Waals surface area contributed by atoms with Gasteiger partial charge >= 0.3 is 0 Å². The number of carbonyl (C=O) groups excluding carboxylic acids is 2. The van der Waals surface area contributed by atoms with Crippen molar-refractivity contribution in [3.63, 3.8) is 0 Å². The molecule has 0 bridgehead atoms. The first-order chi connectivity index (χ1) is 8.92. The Balaban J connectivity index is 2.69. The molecule has 0 saturated carbocycles. The smallest absolute Gasteiger partial charge is 0.248 e. The number of amides is 2. The molecule has 1 aromatic rings. The van der Waals surface area contributed by atoms with Crippen LogP contribution in [0.5, 0.6) is 0 Å². The van der Waals surface area contributed by atoms with Crippen LogP contribution in [-0.2, 0) is 11.3 Å². The molecule has 1 unspecified atom stereocenters. The summed E-state index contributed by atoms with van der Waals surface area (Å²) in [6.07, 6.45) is 0.677. The second kappa shape index (κ2) is 6.33. The third kappa shape index (κ3) is 3.79. The average molecular weight is 263 g/mol. The van der Waals surface area contributed by atoms with Crippen LogP contribution < -0.4 is 16.8 Å². The van der Waals surface area contributed by atoms with Crippen LogP contribution in [0.2, 0.25) is 0 Å². The van der Waals surface area contributed by atoms with Crippen molar-refractivity contribution >= 4 is 11.8 Å². The van der Waals surface area contributed by atoms with E-state index in [1.54, 1.807) is 18.2 Å². The van der Waals surface area contributed by atoms with Gasteiger partial charge in [-0.2, -0.15) is 0 Å². The highest BCUT2D eigenvalue weighted by Gasteiger charge is 2.29. The normalized spacial score (nSPS) is 13.6. The molecule has 0 aromatic heterocycles. The van der Waals surface area contributed by atoms with Crippen LogP contribution >= 0.6 is 0 Å². The molecule has 5 nitrogen and oxygen atoms in total. The Morgan fingerprint density at radius 3 is 2.58 bits per heavy atom. The van der Waals surface area contributed by atoms with E-state index in [0.29, 0.717) is 25.1 Å². The van der Waals surface area contributed by atoms with Gasteiger partial charge in [-0.15, -0.1) is 0 Å². The molecule has 0 spiro atoms. The molecule has 1 rings (SSSR count). The minimum absolute atomic E-state index is 0.0815. The molecular formula is C14H21N3O2. The number of hydrogen-bond acceptors (Lipinski definition) is 3. The van der Waals surface area contributed by atoms with Gasteiger partial charge in [-0.25, -0.2) is 0 Å². The summed E-state index contributed by atoms with van der Waals surface area (Å²) in [4.78, 5) is 23.1. The quantitative estimate of drug-likeness (QED) is 0.707. The monoisotopic (exact) mass is 263 g/mol. The number of rotatable bonds is 6.